The van der Waals surface area contributed by atoms with Gasteiger partial charge in [0.05, 0.1) is 14.3 Å². The number of rotatable bonds is 0. The number of aryl methyl sites for hydroxylation is 1. The Bertz CT molecular complexity index is 563. The van der Waals surface area contributed by atoms with E-state index in [1.807, 2.05) is 6.26 Å². The maximum absolute atomic E-state index is 5.53. The van der Waals surface area contributed by atoms with Crippen LogP contribution in [0.5, 0.6) is 0 Å². The van der Waals surface area contributed by atoms with Gasteiger partial charge in [0.2, 0.25) is 0 Å². The van der Waals surface area contributed by atoms with E-state index in [1.54, 1.807) is 22.8 Å². The summed E-state index contributed by atoms with van der Waals surface area (Å²) in [6.45, 7) is 0. The molecule has 1 saturated heterocycles. The Morgan fingerprint density at radius 3 is 2.71 bits per heavy atom. The minimum atomic E-state index is -1.07. The molecule has 88 valence electrons. The first-order chi connectivity index (χ1) is 8.39. The van der Waals surface area contributed by atoms with E-state index in [-0.39, 0.29) is 0 Å². The van der Waals surface area contributed by atoms with Crippen molar-refractivity contribution in [2.45, 2.75) is 43.8 Å². The van der Waals surface area contributed by atoms with Gasteiger partial charge in [-0.2, -0.15) is 0 Å². The zero-order valence-electron chi connectivity index (χ0n) is 10.2. The highest BCUT2D eigenvalue weighted by Crippen LogP contribution is 2.39. The summed E-state index contributed by atoms with van der Waals surface area (Å²) < 4.78 is 5.53. The zero-order chi connectivity index (χ0) is 11.3. The van der Waals surface area contributed by atoms with Crippen LogP contribution in [0, 0.1) is 0 Å². The van der Waals surface area contributed by atoms with Gasteiger partial charge in [0.25, 0.3) is 0 Å². The summed E-state index contributed by atoms with van der Waals surface area (Å²) in [7, 11) is -1.07. The lowest BCUT2D eigenvalue weighted by molar-refractivity contribution is 0.616. The van der Waals surface area contributed by atoms with Crippen molar-refractivity contribution in [2.24, 2.45) is 0 Å². The molecule has 2 aromatic rings. The molecule has 2 aliphatic rings. The molecule has 0 aliphatic carbocycles. The smallest absolute Gasteiger partial charge is 0.134 e. The Morgan fingerprint density at radius 2 is 1.82 bits per heavy atom. The van der Waals surface area contributed by atoms with Crippen LogP contribution >= 0.6 is 0 Å². The topological polar surface area (TPSA) is 13.1 Å². The molecular formula is C15H18OSi. The molecule has 0 unspecified atom stereocenters. The lowest BCUT2D eigenvalue weighted by Gasteiger charge is -2.32. The first-order valence-electron chi connectivity index (χ1n) is 6.89. The van der Waals surface area contributed by atoms with Gasteiger partial charge in [-0.25, -0.2) is 0 Å². The molecule has 1 nitrogen and oxygen atoms in total. The van der Waals surface area contributed by atoms with Crippen LogP contribution in [-0.2, 0) is 6.42 Å². The molecule has 1 aromatic heterocycles. The fourth-order valence-electron chi connectivity index (χ4n) is 4.12. The van der Waals surface area contributed by atoms with Gasteiger partial charge >= 0.3 is 0 Å². The minimum Gasteiger partial charge on any atom is -0.464 e. The van der Waals surface area contributed by atoms with E-state index < -0.39 is 8.07 Å². The molecular weight excluding hydrogens is 224 g/mol. The molecule has 2 heteroatoms. The second-order valence-electron chi connectivity index (χ2n) is 5.77. The first-order valence-corrected chi connectivity index (χ1v) is 9.51. The Hall–Kier alpha value is -1.02. The molecule has 4 rings (SSSR count). The number of hydrogen-bond acceptors (Lipinski definition) is 1. The average Bonchev–Trinajstić information content (AvgIpc) is 2.96. The van der Waals surface area contributed by atoms with Gasteiger partial charge in [0.1, 0.15) is 5.58 Å². The van der Waals surface area contributed by atoms with Crippen LogP contribution < -0.4 is 5.19 Å². The van der Waals surface area contributed by atoms with Crippen molar-refractivity contribution in [3.8, 4) is 0 Å². The predicted molar refractivity (Wildman–Crippen MR) is 73.6 cm³/mol. The van der Waals surface area contributed by atoms with E-state index in [0.717, 1.165) is 5.58 Å². The minimum absolute atomic E-state index is 1.07. The molecule has 1 fully saturated rings. The summed E-state index contributed by atoms with van der Waals surface area (Å²) in [6.07, 6.45) is 7.60. The van der Waals surface area contributed by atoms with E-state index in [4.69, 9.17) is 4.42 Å². The number of furan rings is 1. The molecule has 3 heterocycles. The summed E-state index contributed by atoms with van der Waals surface area (Å²) in [4.78, 5) is 0. The van der Waals surface area contributed by atoms with Gasteiger partial charge in [0, 0.05) is 5.39 Å². The fourth-order valence-corrected chi connectivity index (χ4v) is 9.59. The molecule has 0 saturated carbocycles. The highest BCUT2D eigenvalue weighted by molar-refractivity contribution is 6.93. The van der Waals surface area contributed by atoms with Crippen LogP contribution in [0.1, 0.15) is 24.8 Å². The quantitative estimate of drug-likeness (QED) is 0.640. The van der Waals surface area contributed by atoms with E-state index in [9.17, 15) is 0 Å². The van der Waals surface area contributed by atoms with Crippen LogP contribution in [0.15, 0.2) is 28.9 Å². The second kappa shape index (κ2) is 3.48. The van der Waals surface area contributed by atoms with Crippen molar-refractivity contribution >= 4 is 24.2 Å². The van der Waals surface area contributed by atoms with Gasteiger partial charge in [-0.05, 0) is 30.2 Å². The highest BCUT2D eigenvalue weighted by atomic mass is 28.3. The average molecular weight is 242 g/mol. The van der Waals surface area contributed by atoms with Crippen molar-refractivity contribution in [3.63, 3.8) is 0 Å². The molecule has 0 atom stereocenters. The van der Waals surface area contributed by atoms with Crippen LogP contribution in [0.4, 0.5) is 0 Å². The summed E-state index contributed by atoms with van der Waals surface area (Å²) in [5.74, 6) is 0. The monoisotopic (exact) mass is 242 g/mol. The third-order valence-electron chi connectivity index (χ3n) is 4.98. The molecule has 0 bridgehead atoms. The first kappa shape index (κ1) is 9.95. The standard InChI is InChI=1S/C15H18OSi/c1-2-9-17(10-3-1)11-7-13-12-6-8-16-14(12)4-5-15(13)17/h4-6,8H,1-3,7,9-11H2. The lowest BCUT2D eigenvalue weighted by atomic mass is 10.1. The summed E-state index contributed by atoms with van der Waals surface area (Å²) in [5, 5.41) is 3.18. The molecule has 0 N–H and O–H groups in total. The van der Waals surface area contributed by atoms with Gasteiger partial charge in [-0.1, -0.05) is 42.6 Å². The van der Waals surface area contributed by atoms with E-state index in [2.05, 4.69) is 18.2 Å². The van der Waals surface area contributed by atoms with Crippen molar-refractivity contribution in [1.29, 1.82) is 0 Å². The Labute approximate surface area is 103 Å². The predicted octanol–water partition coefficient (Wildman–Crippen LogP) is 3.83. The zero-order valence-corrected chi connectivity index (χ0v) is 11.2. The largest absolute Gasteiger partial charge is 0.464 e. The van der Waals surface area contributed by atoms with Crippen LogP contribution in [0.3, 0.4) is 0 Å². The third kappa shape index (κ3) is 1.30. The summed E-state index contributed by atoms with van der Waals surface area (Å²) in [5.41, 5.74) is 2.73. The maximum atomic E-state index is 5.53. The lowest BCUT2D eigenvalue weighted by Crippen LogP contribution is -2.46. The number of benzene rings is 1. The Morgan fingerprint density at radius 1 is 0.941 bits per heavy atom. The molecule has 0 radical (unpaired) electrons. The number of hydrogen-bond donors (Lipinski definition) is 0. The normalized spacial score (nSPS) is 22.1. The van der Waals surface area contributed by atoms with Crippen molar-refractivity contribution in [2.75, 3.05) is 0 Å². The third-order valence-corrected chi connectivity index (χ3v) is 10.4. The van der Waals surface area contributed by atoms with Crippen molar-refractivity contribution in [1.82, 2.24) is 0 Å². The van der Waals surface area contributed by atoms with Gasteiger partial charge in [-0.3, -0.25) is 0 Å². The van der Waals surface area contributed by atoms with Crippen molar-refractivity contribution < 1.29 is 4.42 Å². The highest BCUT2D eigenvalue weighted by Gasteiger charge is 2.42. The molecule has 17 heavy (non-hydrogen) atoms. The van der Waals surface area contributed by atoms with Gasteiger partial charge in [-0.15, -0.1) is 0 Å². The molecule has 1 aromatic carbocycles. The maximum Gasteiger partial charge on any atom is 0.134 e. The molecule has 0 amide bonds. The fraction of sp³-hybridized carbons (Fsp3) is 0.467. The van der Waals surface area contributed by atoms with Crippen molar-refractivity contribution in [3.05, 3.63) is 30.0 Å². The number of fused-ring (bicyclic) bond motifs is 4. The molecule has 1 spiro atoms. The summed E-state index contributed by atoms with van der Waals surface area (Å²) in [6, 6.07) is 11.4. The SMILES string of the molecule is c1cc2c3c(ccc2o1)[Si]1(CCCCC1)CC3. The summed E-state index contributed by atoms with van der Waals surface area (Å²) >= 11 is 0. The van der Waals surface area contributed by atoms with Gasteiger partial charge < -0.3 is 4.42 Å². The second-order valence-corrected chi connectivity index (χ2v) is 10.4. The van der Waals surface area contributed by atoms with E-state index in [1.165, 1.54) is 37.1 Å². The van der Waals surface area contributed by atoms with E-state index in [0.29, 0.717) is 0 Å². The molecule has 2 aliphatic heterocycles. The van der Waals surface area contributed by atoms with Crippen LogP contribution in [0.2, 0.25) is 18.1 Å². The Kier molecular flexibility index (Phi) is 2.04. The van der Waals surface area contributed by atoms with Gasteiger partial charge in [0.15, 0.2) is 0 Å². The Balaban J connectivity index is 1.92. The van der Waals surface area contributed by atoms with E-state index >= 15 is 0 Å². The van der Waals surface area contributed by atoms with Crippen LogP contribution in [-0.4, -0.2) is 8.07 Å². The van der Waals surface area contributed by atoms with Crippen LogP contribution in [0.25, 0.3) is 11.0 Å².